The minimum absolute atomic E-state index is 0.0663. The van der Waals surface area contributed by atoms with E-state index in [1.807, 2.05) is 54.6 Å². The van der Waals surface area contributed by atoms with Crippen molar-refractivity contribution in [3.63, 3.8) is 0 Å². The summed E-state index contributed by atoms with van der Waals surface area (Å²) in [5, 5.41) is 11.9. The van der Waals surface area contributed by atoms with Crippen LogP contribution in [-0.2, 0) is 6.42 Å². The van der Waals surface area contributed by atoms with E-state index in [-0.39, 0.29) is 16.4 Å². The molecule has 4 aromatic carbocycles. The van der Waals surface area contributed by atoms with E-state index in [1.165, 1.54) is 28.0 Å². The summed E-state index contributed by atoms with van der Waals surface area (Å²) >= 11 is 4.69. The monoisotopic (exact) mass is 536 g/mol. The summed E-state index contributed by atoms with van der Waals surface area (Å²) in [5.74, 6) is 0.172. The first-order valence-electron chi connectivity index (χ1n) is 11.5. The van der Waals surface area contributed by atoms with E-state index >= 15 is 0 Å². The van der Waals surface area contributed by atoms with Crippen LogP contribution in [0.1, 0.15) is 28.2 Å². The highest BCUT2D eigenvalue weighted by Gasteiger charge is 2.26. The third-order valence-electron chi connectivity index (χ3n) is 6.69. The molecular formula is C31H21BrO2S. The number of hydrogen-bond acceptors (Lipinski definition) is 3. The molecule has 0 saturated carbocycles. The average molecular weight is 537 g/mol. The number of hydrogen-bond donors (Lipinski definition) is 1. The van der Waals surface area contributed by atoms with Crippen molar-refractivity contribution in [1.29, 1.82) is 0 Å². The number of rotatable bonds is 3. The third-order valence-corrected chi connectivity index (χ3v) is 8.18. The fraction of sp³-hybridized carbons (Fsp3) is 0.0645. The SMILES string of the molecule is O=c1sc2ccccc2c(O)c1C1=CC(c2ccc(-c3ccc(Br)cc3)cc2)Cc2ccccc21. The molecule has 1 heterocycles. The number of benzene rings is 4. The van der Waals surface area contributed by atoms with E-state index in [0.717, 1.165) is 32.3 Å². The van der Waals surface area contributed by atoms with Gasteiger partial charge in [0, 0.05) is 20.5 Å². The van der Waals surface area contributed by atoms with Crippen LogP contribution in [0.2, 0.25) is 0 Å². The lowest BCUT2D eigenvalue weighted by Gasteiger charge is -2.25. The summed E-state index contributed by atoms with van der Waals surface area (Å²) < 4.78 is 1.74. The number of allylic oxidation sites excluding steroid dienone is 1. The van der Waals surface area contributed by atoms with Crippen LogP contribution in [0, 0.1) is 0 Å². The molecule has 0 amide bonds. The molecule has 0 saturated heterocycles. The van der Waals surface area contributed by atoms with Gasteiger partial charge in [0.1, 0.15) is 5.75 Å². The summed E-state index contributed by atoms with van der Waals surface area (Å²) in [7, 11) is 0. The van der Waals surface area contributed by atoms with Gasteiger partial charge in [-0.25, -0.2) is 0 Å². The maximum Gasteiger partial charge on any atom is 0.244 e. The molecule has 6 rings (SSSR count). The predicted octanol–water partition coefficient (Wildman–Crippen LogP) is 8.17. The van der Waals surface area contributed by atoms with Crippen LogP contribution in [0.15, 0.2) is 112 Å². The van der Waals surface area contributed by atoms with E-state index in [2.05, 4.69) is 64.5 Å². The van der Waals surface area contributed by atoms with Gasteiger partial charge in [0.15, 0.2) is 0 Å². The van der Waals surface area contributed by atoms with Crippen molar-refractivity contribution in [3.05, 3.63) is 139 Å². The van der Waals surface area contributed by atoms with Crippen LogP contribution in [0.4, 0.5) is 0 Å². The Balaban J connectivity index is 1.47. The second kappa shape index (κ2) is 8.95. The highest BCUT2D eigenvalue weighted by Crippen LogP contribution is 2.42. The zero-order chi connectivity index (χ0) is 23.9. The van der Waals surface area contributed by atoms with Crippen molar-refractivity contribution in [2.75, 3.05) is 0 Å². The van der Waals surface area contributed by atoms with Gasteiger partial charge in [0.2, 0.25) is 4.74 Å². The highest BCUT2D eigenvalue weighted by molar-refractivity contribution is 9.10. The standard InChI is InChI=1S/C31H21BrO2S/c32-24-15-13-20(14-16-24)19-9-11-21(12-10-19)23-17-22-5-1-2-6-25(22)27(18-23)29-30(33)26-7-3-4-8-28(26)35-31(29)34/h1-16,18,23,33H,17H2. The van der Waals surface area contributed by atoms with Crippen LogP contribution in [0.25, 0.3) is 26.8 Å². The second-order valence-electron chi connectivity index (χ2n) is 8.79. The maximum atomic E-state index is 13.2. The lowest BCUT2D eigenvalue weighted by atomic mass is 9.79. The lowest BCUT2D eigenvalue weighted by Crippen LogP contribution is -2.13. The van der Waals surface area contributed by atoms with Gasteiger partial charge in [-0.15, -0.1) is 0 Å². The quantitative estimate of drug-likeness (QED) is 0.252. The van der Waals surface area contributed by atoms with Crippen LogP contribution in [0.5, 0.6) is 5.75 Å². The first-order chi connectivity index (χ1) is 17.1. The van der Waals surface area contributed by atoms with E-state index < -0.39 is 0 Å². The summed E-state index contributed by atoms with van der Waals surface area (Å²) in [4.78, 5) is 13.2. The Morgan fingerprint density at radius 3 is 2.23 bits per heavy atom. The molecule has 170 valence electrons. The molecule has 4 heteroatoms. The molecule has 0 aliphatic heterocycles. The average Bonchev–Trinajstić information content (AvgIpc) is 2.89. The van der Waals surface area contributed by atoms with E-state index in [0.29, 0.717) is 10.9 Å². The smallest absolute Gasteiger partial charge is 0.244 e. The zero-order valence-corrected chi connectivity index (χ0v) is 21.1. The van der Waals surface area contributed by atoms with E-state index in [9.17, 15) is 9.90 Å². The minimum Gasteiger partial charge on any atom is -0.506 e. The fourth-order valence-electron chi connectivity index (χ4n) is 4.92. The largest absolute Gasteiger partial charge is 0.506 e. The zero-order valence-electron chi connectivity index (χ0n) is 18.7. The molecule has 1 aliphatic rings. The molecule has 0 radical (unpaired) electrons. The van der Waals surface area contributed by atoms with Crippen molar-refractivity contribution >= 4 is 42.9 Å². The van der Waals surface area contributed by atoms with Crippen molar-refractivity contribution in [3.8, 4) is 16.9 Å². The molecule has 1 aliphatic carbocycles. The van der Waals surface area contributed by atoms with E-state index in [4.69, 9.17) is 0 Å². The van der Waals surface area contributed by atoms with Gasteiger partial charge in [-0.1, -0.05) is 106 Å². The Morgan fingerprint density at radius 2 is 1.46 bits per heavy atom. The van der Waals surface area contributed by atoms with Crippen molar-refractivity contribution in [2.45, 2.75) is 12.3 Å². The number of fused-ring (bicyclic) bond motifs is 2. The summed E-state index contributed by atoms with van der Waals surface area (Å²) in [5.41, 5.74) is 6.94. The van der Waals surface area contributed by atoms with Crippen molar-refractivity contribution in [2.24, 2.45) is 0 Å². The van der Waals surface area contributed by atoms with Crippen LogP contribution < -0.4 is 4.74 Å². The Labute approximate surface area is 216 Å². The van der Waals surface area contributed by atoms with Gasteiger partial charge >= 0.3 is 0 Å². The van der Waals surface area contributed by atoms with Gasteiger partial charge in [-0.05, 0) is 64.1 Å². The summed E-state index contributed by atoms with van der Waals surface area (Å²) in [6, 6.07) is 32.7. The molecule has 1 N–H and O–H groups in total. The number of aromatic hydroxyl groups is 1. The van der Waals surface area contributed by atoms with Gasteiger partial charge in [-0.3, -0.25) is 4.79 Å². The molecule has 1 atom stereocenters. The predicted molar refractivity (Wildman–Crippen MR) is 149 cm³/mol. The Bertz CT molecular complexity index is 1650. The Morgan fingerprint density at radius 1 is 0.800 bits per heavy atom. The molecule has 1 aromatic heterocycles. The van der Waals surface area contributed by atoms with Crippen LogP contribution in [0.3, 0.4) is 0 Å². The summed E-state index contributed by atoms with van der Waals surface area (Å²) in [6.45, 7) is 0. The molecule has 35 heavy (non-hydrogen) atoms. The Kier molecular flexibility index (Phi) is 5.63. The molecule has 2 nitrogen and oxygen atoms in total. The van der Waals surface area contributed by atoms with Gasteiger partial charge in [0.25, 0.3) is 0 Å². The first-order valence-corrected chi connectivity index (χ1v) is 13.1. The second-order valence-corrected chi connectivity index (χ2v) is 10.7. The molecule has 0 bridgehead atoms. The third kappa shape index (κ3) is 4.03. The normalized spacial score (nSPS) is 15.0. The first kappa shape index (κ1) is 22.0. The van der Waals surface area contributed by atoms with Crippen molar-refractivity contribution < 1.29 is 5.11 Å². The maximum absolute atomic E-state index is 13.2. The minimum atomic E-state index is -0.117. The molecule has 0 fully saturated rings. The number of halogens is 1. The summed E-state index contributed by atoms with van der Waals surface area (Å²) in [6.07, 6.45) is 3.01. The molecule has 1 unspecified atom stereocenters. The van der Waals surface area contributed by atoms with Crippen molar-refractivity contribution in [1.82, 2.24) is 0 Å². The Hall–Kier alpha value is -3.47. The van der Waals surface area contributed by atoms with Crippen LogP contribution >= 0.6 is 27.3 Å². The van der Waals surface area contributed by atoms with Crippen LogP contribution in [-0.4, -0.2) is 5.11 Å². The van der Waals surface area contributed by atoms with Gasteiger partial charge < -0.3 is 5.11 Å². The topological polar surface area (TPSA) is 37.3 Å². The highest BCUT2D eigenvalue weighted by atomic mass is 79.9. The fourth-order valence-corrected chi connectivity index (χ4v) is 6.11. The van der Waals surface area contributed by atoms with Gasteiger partial charge in [-0.2, -0.15) is 0 Å². The molecular weight excluding hydrogens is 516 g/mol. The lowest BCUT2D eigenvalue weighted by molar-refractivity contribution is 0.480. The molecule has 0 spiro atoms. The molecule has 5 aromatic rings. The van der Waals surface area contributed by atoms with E-state index in [1.54, 1.807) is 0 Å². The van der Waals surface area contributed by atoms with Gasteiger partial charge in [0.05, 0.1) is 5.56 Å².